The maximum Gasteiger partial charge on any atom is 0.266 e. The Morgan fingerprint density at radius 2 is 1.40 bits per heavy atom. The number of hydrogen-bond donors (Lipinski definition) is 0. The standard InChI is InChI=1S/C23H16F2N2O3/c24-14-10-12-15(13-11-14)26-22(28)19-20(17-8-4-5-9-18(17)25)27(30-21(19)23(26)29)16-6-2-1-3-7-16/h1-13,19-21H/t19-,20+,21+/m1/s1. The quantitative estimate of drug-likeness (QED) is 0.617. The number of nitrogens with zero attached hydrogens (tertiary/aromatic N) is 2. The highest BCUT2D eigenvalue weighted by atomic mass is 19.1. The van der Waals surface area contributed by atoms with Crippen molar-refractivity contribution in [1.29, 1.82) is 0 Å². The zero-order chi connectivity index (χ0) is 20.8. The van der Waals surface area contributed by atoms with Gasteiger partial charge >= 0.3 is 0 Å². The lowest BCUT2D eigenvalue weighted by molar-refractivity contribution is -0.126. The van der Waals surface area contributed by atoms with Crippen LogP contribution in [0.15, 0.2) is 78.9 Å². The van der Waals surface area contributed by atoms with Gasteiger partial charge in [0.25, 0.3) is 5.91 Å². The molecule has 0 aliphatic carbocycles. The van der Waals surface area contributed by atoms with Gasteiger partial charge in [-0.1, -0.05) is 36.4 Å². The molecule has 150 valence electrons. The molecule has 30 heavy (non-hydrogen) atoms. The number of rotatable bonds is 3. The second kappa shape index (κ2) is 7.03. The van der Waals surface area contributed by atoms with Crippen molar-refractivity contribution in [3.63, 3.8) is 0 Å². The van der Waals surface area contributed by atoms with E-state index in [-0.39, 0.29) is 11.3 Å². The van der Waals surface area contributed by atoms with Crippen LogP contribution in [-0.4, -0.2) is 17.9 Å². The van der Waals surface area contributed by atoms with Crippen molar-refractivity contribution in [3.8, 4) is 0 Å². The first-order valence-corrected chi connectivity index (χ1v) is 9.45. The Balaban J connectivity index is 1.60. The summed E-state index contributed by atoms with van der Waals surface area (Å²) >= 11 is 0. The van der Waals surface area contributed by atoms with Gasteiger partial charge in [0.05, 0.1) is 17.4 Å². The van der Waals surface area contributed by atoms with Gasteiger partial charge in [-0.25, -0.2) is 18.7 Å². The van der Waals surface area contributed by atoms with Crippen molar-refractivity contribution in [3.05, 3.63) is 96.1 Å². The molecule has 0 aromatic heterocycles. The number of imide groups is 1. The van der Waals surface area contributed by atoms with Crippen LogP contribution in [0.2, 0.25) is 0 Å². The number of halogens is 2. The largest absolute Gasteiger partial charge is 0.273 e. The number of hydrogen-bond acceptors (Lipinski definition) is 4. The second-order valence-electron chi connectivity index (χ2n) is 7.17. The van der Waals surface area contributed by atoms with Gasteiger partial charge in [-0.2, -0.15) is 0 Å². The number of carbonyl (C=O) groups is 2. The van der Waals surface area contributed by atoms with Crippen molar-refractivity contribution in [1.82, 2.24) is 0 Å². The highest BCUT2D eigenvalue weighted by Crippen LogP contribution is 2.48. The van der Waals surface area contributed by atoms with E-state index in [1.54, 1.807) is 42.5 Å². The van der Waals surface area contributed by atoms with Crippen molar-refractivity contribution in [2.45, 2.75) is 12.1 Å². The molecular formula is C23H16F2N2O3. The molecule has 3 aromatic carbocycles. The van der Waals surface area contributed by atoms with Crippen LogP contribution in [-0.2, 0) is 14.4 Å². The minimum atomic E-state index is -1.10. The maximum absolute atomic E-state index is 14.7. The fourth-order valence-corrected chi connectivity index (χ4v) is 4.09. The van der Waals surface area contributed by atoms with Crippen LogP contribution in [0.3, 0.4) is 0 Å². The molecular weight excluding hydrogens is 390 g/mol. The third-order valence-corrected chi connectivity index (χ3v) is 5.43. The summed E-state index contributed by atoms with van der Waals surface area (Å²) in [5, 5.41) is 1.44. The molecule has 2 fully saturated rings. The van der Waals surface area contributed by atoms with Crippen LogP contribution in [0.5, 0.6) is 0 Å². The molecule has 5 nitrogen and oxygen atoms in total. The Labute approximate surface area is 171 Å². The molecule has 0 radical (unpaired) electrons. The van der Waals surface area contributed by atoms with Gasteiger partial charge in [0.1, 0.15) is 17.6 Å². The molecule has 2 heterocycles. The van der Waals surface area contributed by atoms with E-state index in [2.05, 4.69) is 0 Å². The second-order valence-corrected chi connectivity index (χ2v) is 7.17. The maximum atomic E-state index is 14.7. The number of hydroxylamine groups is 1. The summed E-state index contributed by atoms with van der Waals surface area (Å²) in [6.07, 6.45) is -1.10. The first-order valence-electron chi connectivity index (χ1n) is 9.45. The van der Waals surface area contributed by atoms with Crippen molar-refractivity contribution in [2.75, 3.05) is 9.96 Å². The molecule has 3 atom stereocenters. The molecule has 7 heteroatoms. The van der Waals surface area contributed by atoms with E-state index in [4.69, 9.17) is 4.84 Å². The molecule has 5 rings (SSSR count). The molecule has 2 saturated heterocycles. The van der Waals surface area contributed by atoms with Gasteiger partial charge in [0.2, 0.25) is 5.91 Å². The van der Waals surface area contributed by atoms with E-state index in [0.29, 0.717) is 5.69 Å². The Morgan fingerprint density at radius 3 is 2.10 bits per heavy atom. The summed E-state index contributed by atoms with van der Waals surface area (Å²) in [6, 6.07) is 19.3. The minimum Gasteiger partial charge on any atom is -0.273 e. The van der Waals surface area contributed by atoms with Gasteiger partial charge in [0, 0.05) is 5.56 Å². The zero-order valence-electron chi connectivity index (χ0n) is 15.6. The fourth-order valence-electron chi connectivity index (χ4n) is 4.09. The Morgan fingerprint density at radius 1 is 0.733 bits per heavy atom. The number of amides is 2. The Bertz CT molecular complexity index is 1120. The van der Waals surface area contributed by atoms with E-state index in [0.717, 1.165) is 4.90 Å². The lowest BCUT2D eigenvalue weighted by Crippen LogP contribution is -2.37. The molecule has 0 saturated carbocycles. The van der Waals surface area contributed by atoms with E-state index >= 15 is 0 Å². The number of anilines is 2. The van der Waals surface area contributed by atoms with Gasteiger partial charge in [-0.05, 0) is 42.5 Å². The average molecular weight is 406 g/mol. The van der Waals surface area contributed by atoms with Gasteiger partial charge in [-0.15, -0.1) is 0 Å². The van der Waals surface area contributed by atoms with Crippen LogP contribution in [0.4, 0.5) is 20.2 Å². The van der Waals surface area contributed by atoms with Gasteiger partial charge < -0.3 is 0 Å². The molecule has 2 amide bonds. The third kappa shape index (κ3) is 2.78. The van der Waals surface area contributed by atoms with E-state index < -0.39 is 41.5 Å². The summed E-state index contributed by atoms with van der Waals surface area (Å²) in [7, 11) is 0. The molecule has 0 spiro atoms. The third-order valence-electron chi connectivity index (χ3n) is 5.43. The zero-order valence-corrected chi connectivity index (χ0v) is 15.6. The van der Waals surface area contributed by atoms with E-state index in [1.807, 2.05) is 6.07 Å². The SMILES string of the molecule is O=C1[C@H]2[C@H](ON(c3ccccc3)[C@H]2c2ccccc2F)C(=O)N1c1ccc(F)cc1. The number of fused-ring (bicyclic) bond motifs is 1. The summed E-state index contributed by atoms with van der Waals surface area (Å²) < 4.78 is 28.0. The smallest absolute Gasteiger partial charge is 0.266 e. The highest BCUT2D eigenvalue weighted by molar-refractivity contribution is 6.23. The number of carbonyl (C=O) groups excluding carboxylic acids is 2. The van der Waals surface area contributed by atoms with Crippen LogP contribution < -0.4 is 9.96 Å². The topological polar surface area (TPSA) is 49.9 Å². The fraction of sp³-hybridized carbons (Fsp3) is 0.130. The van der Waals surface area contributed by atoms with Crippen molar-refractivity contribution >= 4 is 23.2 Å². The summed E-state index contributed by atoms with van der Waals surface area (Å²) in [6.45, 7) is 0. The van der Waals surface area contributed by atoms with Gasteiger partial charge in [-0.3, -0.25) is 14.4 Å². The normalized spacial score (nSPS) is 23.2. The Kier molecular flexibility index (Phi) is 4.33. The average Bonchev–Trinajstić information content (AvgIpc) is 3.26. The molecule has 0 N–H and O–H groups in total. The summed E-state index contributed by atoms with van der Waals surface area (Å²) in [4.78, 5) is 33.3. The first-order chi connectivity index (χ1) is 14.6. The van der Waals surface area contributed by atoms with Crippen LogP contribution in [0.1, 0.15) is 11.6 Å². The monoisotopic (exact) mass is 406 g/mol. The molecule has 0 bridgehead atoms. The number of para-hydroxylation sites is 1. The first kappa shape index (κ1) is 18.4. The minimum absolute atomic E-state index is 0.253. The van der Waals surface area contributed by atoms with Crippen molar-refractivity contribution < 1.29 is 23.2 Å². The molecule has 2 aliphatic heterocycles. The summed E-state index contributed by atoms with van der Waals surface area (Å²) in [5.41, 5.74) is 1.12. The predicted molar refractivity (Wildman–Crippen MR) is 105 cm³/mol. The van der Waals surface area contributed by atoms with E-state index in [9.17, 15) is 18.4 Å². The lowest BCUT2D eigenvalue weighted by Gasteiger charge is -2.29. The predicted octanol–water partition coefficient (Wildman–Crippen LogP) is 4.02. The summed E-state index contributed by atoms with van der Waals surface area (Å²) in [5.74, 6) is -2.98. The molecule has 3 aromatic rings. The van der Waals surface area contributed by atoms with Crippen molar-refractivity contribution in [2.24, 2.45) is 5.92 Å². The molecule has 0 unspecified atom stereocenters. The lowest BCUT2D eigenvalue weighted by atomic mass is 9.90. The highest BCUT2D eigenvalue weighted by Gasteiger charge is 2.60. The van der Waals surface area contributed by atoms with Crippen LogP contribution >= 0.6 is 0 Å². The van der Waals surface area contributed by atoms with Gasteiger partial charge in [0.15, 0.2) is 6.10 Å². The Hall–Kier alpha value is -3.58. The molecule has 2 aliphatic rings. The van der Waals surface area contributed by atoms with Crippen LogP contribution in [0, 0.1) is 17.6 Å². The van der Waals surface area contributed by atoms with Crippen LogP contribution in [0.25, 0.3) is 0 Å². The van der Waals surface area contributed by atoms with E-state index in [1.165, 1.54) is 35.4 Å². The number of benzene rings is 3.